The van der Waals surface area contributed by atoms with Crippen LogP contribution in [0.15, 0.2) is 35.1 Å². The lowest BCUT2D eigenvalue weighted by Gasteiger charge is -2.45. The second-order valence-corrected chi connectivity index (χ2v) is 7.96. The lowest BCUT2D eigenvalue weighted by atomic mass is 9.57. The molecule has 2 N–H and O–H groups in total. The summed E-state index contributed by atoms with van der Waals surface area (Å²) in [6, 6.07) is 8.80. The highest BCUT2D eigenvalue weighted by molar-refractivity contribution is 5.64. The van der Waals surface area contributed by atoms with Gasteiger partial charge in [0.1, 0.15) is 6.07 Å². The number of nitro benzene ring substituents is 1. The number of benzene rings is 1. The van der Waals surface area contributed by atoms with Crippen LogP contribution in [0.2, 0.25) is 0 Å². The number of ether oxygens (including phenoxy) is 2. The molecule has 1 aromatic carbocycles. The van der Waals surface area contributed by atoms with Crippen LogP contribution < -0.4 is 15.2 Å². The Balaban J connectivity index is 2.02. The number of nitriles is 3. The topological polar surface area (TPSA) is 162 Å². The van der Waals surface area contributed by atoms with Gasteiger partial charge in [-0.2, -0.15) is 15.8 Å². The summed E-state index contributed by atoms with van der Waals surface area (Å²) in [6.07, 6.45) is 2.76. The molecule has 162 valence electrons. The van der Waals surface area contributed by atoms with Gasteiger partial charge >= 0.3 is 0 Å². The number of hydrogen-bond donors (Lipinski definition) is 1. The minimum atomic E-state index is -1.96. The van der Waals surface area contributed by atoms with E-state index in [2.05, 4.69) is 11.0 Å². The zero-order valence-electron chi connectivity index (χ0n) is 17.4. The largest absolute Gasteiger partial charge is 0.454 e. The van der Waals surface area contributed by atoms with Gasteiger partial charge in [0, 0.05) is 30.5 Å². The fourth-order valence-corrected chi connectivity index (χ4v) is 4.94. The Morgan fingerprint density at radius 3 is 2.56 bits per heavy atom. The van der Waals surface area contributed by atoms with Crippen molar-refractivity contribution in [3.8, 4) is 29.7 Å². The van der Waals surface area contributed by atoms with Gasteiger partial charge in [-0.05, 0) is 24.6 Å². The van der Waals surface area contributed by atoms with E-state index >= 15 is 0 Å². The highest BCUT2D eigenvalue weighted by Gasteiger charge is 2.56. The van der Waals surface area contributed by atoms with E-state index in [4.69, 9.17) is 15.2 Å². The Morgan fingerprint density at radius 2 is 1.97 bits per heavy atom. The van der Waals surface area contributed by atoms with Crippen molar-refractivity contribution < 1.29 is 14.4 Å². The van der Waals surface area contributed by atoms with Crippen molar-refractivity contribution in [2.45, 2.75) is 19.3 Å². The Morgan fingerprint density at radius 1 is 1.28 bits per heavy atom. The zero-order valence-corrected chi connectivity index (χ0v) is 17.4. The van der Waals surface area contributed by atoms with Crippen LogP contribution in [0.25, 0.3) is 0 Å². The second kappa shape index (κ2) is 7.88. The predicted molar refractivity (Wildman–Crippen MR) is 111 cm³/mol. The first-order valence-corrected chi connectivity index (χ1v) is 10.1. The number of nitrogens with zero attached hydrogens (tertiary/aromatic N) is 5. The molecule has 2 aliphatic heterocycles. The van der Waals surface area contributed by atoms with Gasteiger partial charge in [-0.25, -0.2) is 0 Å². The molecule has 2 heterocycles. The summed E-state index contributed by atoms with van der Waals surface area (Å²) in [5, 5.41) is 42.2. The van der Waals surface area contributed by atoms with Gasteiger partial charge < -0.3 is 15.2 Å². The van der Waals surface area contributed by atoms with Crippen molar-refractivity contribution in [2.75, 3.05) is 26.4 Å². The van der Waals surface area contributed by atoms with E-state index in [1.165, 1.54) is 12.1 Å². The highest BCUT2D eigenvalue weighted by atomic mass is 16.7. The van der Waals surface area contributed by atoms with E-state index in [-0.39, 0.29) is 35.1 Å². The Kier molecular flexibility index (Phi) is 5.22. The van der Waals surface area contributed by atoms with E-state index in [0.29, 0.717) is 24.4 Å². The average Bonchev–Trinajstić information content (AvgIpc) is 3.25. The van der Waals surface area contributed by atoms with Crippen molar-refractivity contribution in [3.63, 3.8) is 0 Å². The summed E-state index contributed by atoms with van der Waals surface area (Å²) in [5.41, 5.74) is 4.76. The van der Waals surface area contributed by atoms with E-state index in [1.54, 1.807) is 0 Å². The summed E-state index contributed by atoms with van der Waals surface area (Å²) >= 11 is 0. The second-order valence-electron chi connectivity index (χ2n) is 7.96. The van der Waals surface area contributed by atoms with E-state index in [1.807, 2.05) is 25.1 Å². The van der Waals surface area contributed by atoms with Crippen LogP contribution in [-0.2, 0) is 0 Å². The molecule has 2 atom stereocenters. The Bertz CT molecular complexity index is 1170. The maximum atomic E-state index is 12.0. The quantitative estimate of drug-likeness (QED) is 0.556. The van der Waals surface area contributed by atoms with Crippen LogP contribution in [-0.4, -0.2) is 36.3 Å². The lowest BCUT2D eigenvalue weighted by molar-refractivity contribution is -0.386. The van der Waals surface area contributed by atoms with Crippen LogP contribution in [0.3, 0.4) is 0 Å². The number of allylic oxidation sites excluding steroid dienone is 2. The fraction of sp³-hybridized carbons (Fsp3) is 0.409. The SMILES string of the molecule is CCCN1CC=C2C(C#N)=C(N)C(C#N)(C#N)C(c3cc4c(cc3[N+](=O)[O-])OCO4)C2C1. The standard InChI is InChI=1S/C22H20N6O4/c1-2-4-27-5-3-13-15(8-23)21(26)22(10-24,11-25)20(16(13)9-27)14-6-18-19(32-12-31-18)7-17(14)28(29)30/h3,6-7,16,20H,2,4-5,9,12,26H2,1H3. The third-order valence-electron chi connectivity index (χ3n) is 6.33. The van der Waals surface area contributed by atoms with Crippen LogP contribution in [0.1, 0.15) is 24.8 Å². The number of hydrogen-bond acceptors (Lipinski definition) is 9. The summed E-state index contributed by atoms with van der Waals surface area (Å²) in [6.45, 7) is 3.73. The normalized spacial score (nSPS) is 23.4. The molecule has 3 aliphatic rings. The molecule has 2 unspecified atom stereocenters. The predicted octanol–water partition coefficient (Wildman–Crippen LogP) is 2.46. The monoisotopic (exact) mass is 432 g/mol. The number of fused-ring (bicyclic) bond motifs is 2. The molecule has 0 radical (unpaired) electrons. The molecule has 0 spiro atoms. The van der Waals surface area contributed by atoms with Crippen LogP contribution in [0, 0.1) is 55.4 Å². The maximum Gasteiger partial charge on any atom is 0.276 e. The van der Waals surface area contributed by atoms with Gasteiger partial charge in [0.15, 0.2) is 16.9 Å². The van der Waals surface area contributed by atoms with Crippen molar-refractivity contribution in [1.82, 2.24) is 4.90 Å². The first-order chi connectivity index (χ1) is 15.4. The first kappa shape index (κ1) is 21.2. The van der Waals surface area contributed by atoms with E-state index < -0.39 is 22.2 Å². The molecule has 10 nitrogen and oxygen atoms in total. The van der Waals surface area contributed by atoms with Gasteiger partial charge in [-0.1, -0.05) is 13.0 Å². The molecule has 1 aliphatic carbocycles. The summed E-state index contributed by atoms with van der Waals surface area (Å²) < 4.78 is 10.7. The first-order valence-electron chi connectivity index (χ1n) is 10.1. The van der Waals surface area contributed by atoms with E-state index in [0.717, 1.165) is 13.0 Å². The Hall–Kier alpha value is -4.07. The van der Waals surface area contributed by atoms with Crippen molar-refractivity contribution in [3.05, 3.63) is 50.7 Å². The van der Waals surface area contributed by atoms with Crippen LogP contribution in [0.5, 0.6) is 11.5 Å². The third kappa shape index (κ3) is 2.95. The smallest absolute Gasteiger partial charge is 0.276 e. The van der Waals surface area contributed by atoms with Gasteiger partial charge in [0.05, 0.1) is 34.4 Å². The number of rotatable bonds is 4. The minimum absolute atomic E-state index is 0.0816. The molecular formula is C22H20N6O4. The van der Waals surface area contributed by atoms with Crippen molar-refractivity contribution in [2.24, 2.45) is 17.1 Å². The van der Waals surface area contributed by atoms with Gasteiger partial charge in [-0.15, -0.1) is 0 Å². The molecule has 0 saturated heterocycles. The van der Waals surface area contributed by atoms with Crippen molar-refractivity contribution in [1.29, 1.82) is 15.8 Å². The van der Waals surface area contributed by atoms with Gasteiger partial charge in [0.2, 0.25) is 6.79 Å². The molecule has 0 bridgehead atoms. The van der Waals surface area contributed by atoms with Crippen molar-refractivity contribution >= 4 is 5.69 Å². The molecule has 0 amide bonds. The maximum absolute atomic E-state index is 12.0. The zero-order chi connectivity index (χ0) is 23.0. The average molecular weight is 432 g/mol. The molecular weight excluding hydrogens is 412 g/mol. The van der Waals surface area contributed by atoms with Crippen LogP contribution >= 0.6 is 0 Å². The van der Waals surface area contributed by atoms with Gasteiger partial charge in [0.25, 0.3) is 5.69 Å². The summed E-state index contributed by atoms with van der Waals surface area (Å²) in [5.74, 6) is -0.967. The fourth-order valence-electron chi connectivity index (χ4n) is 4.94. The molecule has 10 heteroatoms. The summed E-state index contributed by atoms with van der Waals surface area (Å²) in [4.78, 5) is 13.6. The molecule has 0 fully saturated rings. The molecule has 4 rings (SSSR count). The lowest BCUT2D eigenvalue weighted by Crippen LogP contribution is -2.48. The minimum Gasteiger partial charge on any atom is -0.454 e. The van der Waals surface area contributed by atoms with E-state index in [9.17, 15) is 25.9 Å². The number of nitrogens with two attached hydrogens (primary N) is 1. The third-order valence-corrected chi connectivity index (χ3v) is 6.33. The molecule has 32 heavy (non-hydrogen) atoms. The Labute approximate surface area is 184 Å². The van der Waals surface area contributed by atoms with Crippen LogP contribution in [0.4, 0.5) is 5.69 Å². The molecule has 0 aromatic heterocycles. The molecule has 0 saturated carbocycles. The summed E-state index contributed by atoms with van der Waals surface area (Å²) in [7, 11) is 0. The number of nitro groups is 1. The van der Waals surface area contributed by atoms with Gasteiger partial charge in [-0.3, -0.25) is 15.0 Å². The highest BCUT2D eigenvalue weighted by Crippen LogP contribution is 2.57. The molecule has 1 aromatic rings.